The Morgan fingerprint density at radius 3 is 2.35 bits per heavy atom. The second-order valence-electron chi connectivity index (χ2n) is 5.32. The molecule has 0 radical (unpaired) electrons. The zero-order valence-electron chi connectivity index (χ0n) is 12.1. The summed E-state index contributed by atoms with van der Waals surface area (Å²) in [6, 6.07) is 0.678. The van der Waals surface area contributed by atoms with Crippen LogP contribution in [0.25, 0.3) is 0 Å². The zero-order chi connectivity index (χ0) is 14.8. The molecule has 1 saturated heterocycles. The third-order valence-electron chi connectivity index (χ3n) is 3.92. The van der Waals surface area contributed by atoms with Gasteiger partial charge in [-0.15, -0.1) is 0 Å². The second kappa shape index (κ2) is 6.38. The summed E-state index contributed by atoms with van der Waals surface area (Å²) in [5, 5.41) is 0. The number of hydrogen-bond acceptors (Lipinski definition) is 5. The number of rotatable bonds is 6. The van der Waals surface area contributed by atoms with Crippen LogP contribution in [-0.4, -0.2) is 80.8 Å². The summed E-state index contributed by atoms with van der Waals surface area (Å²) in [5.74, 6) is -0.398. The number of esters is 1. The molecule has 0 N–H and O–H groups in total. The molecule has 0 atom stereocenters. The van der Waals surface area contributed by atoms with E-state index in [2.05, 4.69) is 9.64 Å². The van der Waals surface area contributed by atoms with Crippen molar-refractivity contribution < 1.29 is 17.9 Å². The number of piperazine rings is 1. The van der Waals surface area contributed by atoms with Crippen molar-refractivity contribution in [2.75, 3.05) is 46.9 Å². The molecule has 0 unspecified atom stereocenters. The first-order valence-electron chi connectivity index (χ1n) is 6.97. The Hall–Kier alpha value is -0.700. The molecule has 0 aromatic heterocycles. The van der Waals surface area contributed by atoms with Gasteiger partial charge in [-0.05, 0) is 12.8 Å². The van der Waals surface area contributed by atoms with Crippen molar-refractivity contribution in [1.29, 1.82) is 0 Å². The van der Waals surface area contributed by atoms with E-state index in [-0.39, 0.29) is 13.0 Å². The lowest BCUT2D eigenvalue weighted by atomic mass is 10.3. The Morgan fingerprint density at radius 1 is 1.25 bits per heavy atom. The van der Waals surface area contributed by atoms with Gasteiger partial charge in [0.1, 0.15) is 0 Å². The molecule has 2 fully saturated rings. The smallest absolute Gasteiger partial charge is 0.306 e. The van der Waals surface area contributed by atoms with E-state index in [1.54, 1.807) is 0 Å². The van der Waals surface area contributed by atoms with E-state index in [0.717, 1.165) is 13.1 Å². The Kier molecular flexibility index (Phi) is 5.00. The van der Waals surface area contributed by atoms with Crippen molar-refractivity contribution in [2.45, 2.75) is 25.3 Å². The predicted octanol–water partition coefficient (Wildman–Crippen LogP) is -0.494. The Labute approximate surface area is 120 Å². The minimum atomic E-state index is -3.46. The number of methoxy groups -OCH3 is 1. The summed E-state index contributed by atoms with van der Waals surface area (Å²) < 4.78 is 32.0. The molecular formula is C12H23N3O4S. The first kappa shape index (κ1) is 15.7. The van der Waals surface area contributed by atoms with Crippen LogP contribution < -0.4 is 0 Å². The topological polar surface area (TPSA) is 70.2 Å². The van der Waals surface area contributed by atoms with E-state index in [9.17, 15) is 13.2 Å². The highest BCUT2D eigenvalue weighted by Crippen LogP contribution is 2.28. The van der Waals surface area contributed by atoms with Crippen molar-refractivity contribution in [1.82, 2.24) is 13.5 Å². The standard InChI is InChI=1S/C12H23N3O4S/c1-13(6-5-12(16)19-2)20(17,18)15-9-7-14(8-10-15)11-3-4-11/h11H,3-10H2,1-2H3. The van der Waals surface area contributed by atoms with Gasteiger partial charge in [0.05, 0.1) is 13.5 Å². The fourth-order valence-electron chi connectivity index (χ4n) is 2.40. The number of nitrogens with zero attached hydrogens (tertiary/aromatic N) is 3. The van der Waals surface area contributed by atoms with E-state index in [4.69, 9.17) is 0 Å². The van der Waals surface area contributed by atoms with Gasteiger partial charge in [0.2, 0.25) is 0 Å². The van der Waals surface area contributed by atoms with Crippen LogP contribution in [-0.2, 0) is 19.7 Å². The first-order chi connectivity index (χ1) is 9.45. The minimum Gasteiger partial charge on any atom is -0.469 e. The van der Waals surface area contributed by atoms with Gasteiger partial charge < -0.3 is 4.74 Å². The Balaban J connectivity index is 1.84. The SMILES string of the molecule is COC(=O)CCN(C)S(=O)(=O)N1CCN(C2CC2)CC1. The summed E-state index contributed by atoms with van der Waals surface area (Å²) in [7, 11) is -0.657. The Morgan fingerprint density at radius 2 is 1.85 bits per heavy atom. The highest BCUT2D eigenvalue weighted by atomic mass is 32.2. The molecule has 0 aromatic rings. The zero-order valence-corrected chi connectivity index (χ0v) is 12.9. The fourth-order valence-corrected chi connectivity index (χ4v) is 3.74. The van der Waals surface area contributed by atoms with E-state index in [0.29, 0.717) is 19.1 Å². The summed E-state index contributed by atoms with van der Waals surface area (Å²) in [6.07, 6.45) is 2.56. The van der Waals surface area contributed by atoms with Gasteiger partial charge in [-0.1, -0.05) is 0 Å². The largest absolute Gasteiger partial charge is 0.469 e. The maximum Gasteiger partial charge on any atom is 0.306 e. The quantitative estimate of drug-likeness (QED) is 0.619. The van der Waals surface area contributed by atoms with Gasteiger partial charge in [-0.2, -0.15) is 17.0 Å². The molecule has 2 aliphatic rings. The van der Waals surface area contributed by atoms with Crippen LogP contribution in [0.5, 0.6) is 0 Å². The van der Waals surface area contributed by atoms with Crippen LogP contribution in [0.4, 0.5) is 0 Å². The third kappa shape index (κ3) is 3.69. The highest BCUT2D eigenvalue weighted by molar-refractivity contribution is 7.86. The van der Waals surface area contributed by atoms with E-state index < -0.39 is 16.2 Å². The predicted molar refractivity (Wildman–Crippen MR) is 74.4 cm³/mol. The molecule has 7 nitrogen and oxygen atoms in total. The number of hydrogen-bond donors (Lipinski definition) is 0. The molecule has 20 heavy (non-hydrogen) atoms. The van der Waals surface area contributed by atoms with Gasteiger partial charge in [0, 0.05) is 45.8 Å². The van der Waals surface area contributed by atoms with Crippen LogP contribution >= 0.6 is 0 Å². The summed E-state index contributed by atoms with van der Waals surface area (Å²) >= 11 is 0. The summed E-state index contributed by atoms with van der Waals surface area (Å²) in [4.78, 5) is 13.4. The van der Waals surface area contributed by atoms with Crippen LogP contribution in [0.2, 0.25) is 0 Å². The molecule has 8 heteroatoms. The molecule has 2 rings (SSSR count). The van der Waals surface area contributed by atoms with E-state index in [1.807, 2.05) is 0 Å². The van der Waals surface area contributed by atoms with Crippen LogP contribution in [0.3, 0.4) is 0 Å². The molecule has 0 aromatic carbocycles. The van der Waals surface area contributed by atoms with Crippen molar-refractivity contribution in [3.05, 3.63) is 0 Å². The number of carbonyl (C=O) groups excluding carboxylic acids is 1. The molecule has 1 aliphatic carbocycles. The molecule has 0 spiro atoms. The van der Waals surface area contributed by atoms with Gasteiger partial charge in [-0.25, -0.2) is 0 Å². The van der Waals surface area contributed by atoms with Crippen molar-refractivity contribution in [3.8, 4) is 0 Å². The third-order valence-corrected chi connectivity index (χ3v) is 5.90. The maximum absolute atomic E-state index is 12.4. The molecule has 1 aliphatic heterocycles. The number of ether oxygens (including phenoxy) is 1. The van der Waals surface area contributed by atoms with E-state index in [1.165, 1.54) is 35.6 Å². The first-order valence-corrected chi connectivity index (χ1v) is 8.37. The molecule has 0 bridgehead atoms. The van der Waals surface area contributed by atoms with Gasteiger partial charge in [-0.3, -0.25) is 9.69 Å². The lowest BCUT2D eigenvalue weighted by Gasteiger charge is -2.35. The molecule has 1 heterocycles. The average molecular weight is 305 g/mol. The molecule has 1 saturated carbocycles. The lowest BCUT2D eigenvalue weighted by Crippen LogP contribution is -2.52. The average Bonchev–Trinajstić information content (AvgIpc) is 3.29. The molecular weight excluding hydrogens is 282 g/mol. The van der Waals surface area contributed by atoms with Crippen molar-refractivity contribution >= 4 is 16.2 Å². The lowest BCUT2D eigenvalue weighted by molar-refractivity contribution is -0.140. The maximum atomic E-state index is 12.4. The number of carbonyl (C=O) groups is 1. The Bertz CT molecular complexity index is 442. The normalized spacial score (nSPS) is 22.1. The van der Waals surface area contributed by atoms with Crippen molar-refractivity contribution in [2.24, 2.45) is 0 Å². The second-order valence-corrected chi connectivity index (χ2v) is 7.36. The molecule has 0 amide bonds. The monoisotopic (exact) mass is 305 g/mol. The minimum absolute atomic E-state index is 0.0776. The van der Waals surface area contributed by atoms with Gasteiger partial charge in [0.25, 0.3) is 10.2 Å². The van der Waals surface area contributed by atoms with Crippen LogP contribution in [0.1, 0.15) is 19.3 Å². The summed E-state index contributed by atoms with van der Waals surface area (Å²) in [6.45, 7) is 2.81. The van der Waals surface area contributed by atoms with Crippen molar-refractivity contribution in [3.63, 3.8) is 0 Å². The highest BCUT2D eigenvalue weighted by Gasteiger charge is 2.35. The fraction of sp³-hybridized carbons (Fsp3) is 0.917. The summed E-state index contributed by atoms with van der Waals surface area (Å²) in [5.41, 5.74) is 0. The van der Waals surface area contributed by atoms with Gasteiger partial charge in [0.15, 0.2) is 0 Å². The van der Waals surface area contributed by atoms with E-state index >= 15 is 0 Å². The van der Waals surface area contributed by atoms with Crippen LogP contribution in [0, 0.1) is 0 Å². The van der Waals surface area contributed by atoms with Crippen LogP contribution in [0.15, 0.2) is 0 Å². The van der Waals surface area contributed by atoms with Gasteiger partial charge >= 0.3 is 5.97 Å². The molecule has 116 valence electrons.